The van der Waals surface area contributed by atoms with Crippen molar-refractivity contribution in [3.63, 3.8) is 0 Å². The molecular weight excluding hydrogens is 299 g/mol. The Morgan fingerprint density at radius 3 is 2.61 bits per heavy atom. The molecule has 0 saturated carbocycles. The maximum atomic E-state index is 12.9. The molecule has 0 N–H and O–H groups in total. The van der Waals surface area contributed by atoms with Gasteiger partial charge in [-0.1, -0.05) is 28.1 Å². The molecule has 0 aromatic heterocycles. The molecule has 0 radical (unpaired) electrons. The van der Waals surface area contributed by atoms with Crippen molar-refractivity contribution in [2.24, 2.45) is 0 Å². The minimum Gasteiger partial charge on any atom is -0.497 e. The monoisotopic (exact) mass is 310 g/mol. The number of benzene rings is 2. The highest BCUT2D eigenvalue weighted by molar-refractivity contribution is 9.10. The molecule has 2 rings (SSSR count). The van der Waals surface area contributed by atoms with E-state index in [9.17, 15) is 4.39 Å². The fraction of sp³-hybridized carbons (Fsp3) is 0.143. The molecule has 94 valence electrons. The van der Waals surface area contributed by atoms with Gasteiger partial charge in [-0.2, -0.15) is 0 Å². The van der Waals surface area contributed by atoms with E-state index in [0.717, 1.165) is 11.3 Å². The fourth-order valence-corrected chi connectivity index (χ4v) is 1.96. The van der Waals surface area contributed by atoms with Crippen molar-refractivity contribution in [2.75, 3.05) is 7.11 Å². The van der Waals surface area contributed by atoms with Crippen molar-refractivity contribution in [3.8, 4) is 11.5 Å². The van der Waals surface area contributed by atoms with Crippen LogP contribution in [0.4, 0.5) is 4.39 Å². The molecule has 0 fully saturated rings. The molecule has 0 aliphatic rings. The zero-order valence-corrected chi connectivity index (χ0v) is 11.4. The van der Waals surface area contributed by atoms with Crippen LogP contribution < -0.4 is 9.47 Å². The first kappa shape index (κ1) is 12.9. The van der Waals surface area contributed by atoms with Crippen LogP contribution in [0.2, 0.25) is 0 Å². The summed E-state index contributed by atoms with van der Waals surface area (Å²) in [7, 11) is 1.61. The zero-order valence-electron chi connectivity index (χ0n) is 9.82. The Balaban J connectivity index is 2.06. The van der Waals surface area contributed by atoms with Crippen molar-refractivity contribution < 1.29 is 13.9 Å². The van der Waals surface area contributed by atoms with E-state index in [4.69, 9.17) is 9.47 Å². The van der Waals surface area contributed by atoms with E-state index in [1.54, 1.807) is 19.2 Å². The molecule has 0 unspecified atom stereocenters. The van der Waals surface area contributed by atoms with Crippen LogP contribution in [0.1, 0.15) is 5.56 Å². The Labute approximate surface area is 113 Å². The van der Waals surface area contributed by atoms with E-state index in [1.807, 2.05) is 18.2 Å². The minimum atomic E-state index is -0.271. The Hall–Kier alpha value is -1.55. The minimum absolute atomic E-state index is 0.271. The first-order valence-electron chi connectivity index (χ1n) is 5.40. The summed E-state index contributed by atoms with van der Waals surface area (Å²) in [6.07, 6.45) is 0. The maximum Gasteiger partial charge on any atom is 0.124 e. The van der Waals surface area contributed by atoms with Crippen molar-refractivity contribution in [1.29, 1.82) is 0 Å². The molecular formula is C14H12BrFO2. The first-order valence-corrected chi connectivity index (χ1v) is 6.19. The van der Waals surface area contributed by atoms with Crippen LogP contribution in [0, 0.1) is 5.82 Å². The number of hydrogen-bond acceptors (Lipinski definition) is 2. The van der Waals surface area contributed by atoms with Crippen molar-refractivity contribution in [3.05, 3.63) is 58.3 Å². The zero-order chi connectivity index (χ0) is 13.0. The van der Waals surface area contributed by atoms with Gasteiger partial charge in [0.25, 0.3) is 0 Å². The van der Waals surface area contributed by atoms with E-state index in [1.165, 1.54) is 12.1 Å². The van der Waals surface area contributed by atoms with Gasteiger partial charge in [0.1, 0.15) is 23.9 Å². The molecule has 0 aliphatic heterocycles. The van der Waals surface area contributed by atoms with Crippen LogP contribution in [-0.2, 0) is 6.61 Å². The molecule has 0 spiro atoms. The summed E-state index contributed by atoms with van der Waals surface area (Å²) >= 11 is 3.30. The predicted octanol–water partition coefficient (Wildman–Crippen LogP) is 4.18. The van der Waals surface area contributed by atoms with Crippen molar-refractivity contribution in [1.82, 2.24) is 0 Å². The Kier molecular flexibility index (Phi) is 4.20. The molecule has 2 aromatic carbocycles. The summed E-state index contributed by atoms with van der Waals surface area (Å²) < 4.78 is 24.4. The summed E-state index contributed by atoms with van der Waals surface area (Å²) in [6.45, 7) is 0.369. The number of ether oxygens (including phenoxy) is 2. The van der Waals surface area contributed by atoms with Gasteiger partial charge >= 0.3 is 0 Å². The molecule has 4 heteroatoms. The van der Waals surface area contributed by atoms with Crippen LogP contribution in [0.3, 0.4) is 0 Å². The molecule has 0 amide bonds. The predicted molar refractivity (Wildman–Crippen MR) is 71.4 cm³/mol. The molecule has 18 heavy (non-hydrogen) atoms. The van der Waals surface area contributed by atoms with E-state index in [-0.39, 0.29) is 5.82 Å². The topological polar surface area (TPSA) is 18.5 Å². The lowest BCUT2D eigenvalue weighted by molar-refractivity contribution is 0.303. The quantitative estimate of drug-likeness (QED) is 0.843. The fourth-order valence-electron chi connectivity index (χ4n) is 1.49. The molecule has 2 aromatic rings. The normalized spacial score (nSPS) is 10.2. The van der Waals surface area contributed by atoms with Gasteiger partial charge in [-0.15, -0.1) is 0 Å². The Morgan fingerprint density at radius 2 is 1.89 bits per heavy atom. The van der Waals surface area contributed by atoms with Crippen LogP contribution in [0.15, 0.2) is 46.9 Å². The average Bonchev–Trinajstić information content (AvgIpc) is 2.38. The van der Waals surface area contributed by atoms with Gasteiger partial charge in [0.15, 0.2) is 0 Å². The summed E-state index contributed by atoms with van der Waals surface area (Å²) in [5, 5.41) is 0. The van der Waals surface area contributed by atoms with Crippen LogP contribution in [0.25, 0.3) is 0 Å². The summed E-state index contributed by atoms with van der Waals surface area (Å²) in [5.41, 5.74) is 0.888. The highest BCUT2D eigenvalue weighted by Crippen LogP contribution is 2.23. The average molecular weight is 311 g/mol. The van der Waals surface area contributed by atoms with Crippen LogP contribution in [-0.4, -0.2) is 7.11 Å². The van der Waals surface area contributed by atoms with Crippen molar-refractivity contribution in [2.45, 2.75) is 6.61 Å². The smallest absolute Gasteiger partial charge is 0.124 e. The highest BCUT2D eigenvalue weighted by atomic mass is 79.9. The Morgan fingerprint density at radius 1 is 1.11 bits per heavy atom. The molecule has 0 heterocycles. The lowest BCUT2D eigenvalue weighted by atomic mass is 10.2. The molecule has 0 bridgehead atoms. The second kappa shape index (κ2) is 5.87. The lowest BCUT2D eigenvalue weighted by Crippen LogP contribution is -1.97. The third-order valence-corrected chi connectivity index (χ3v) is 3.19. The molecule has 0 saturated heterocycles. The van der Waals surface area contributed by atoms with Gasteiger partial charge < -0.3 is 9.47 Å². The molecule has 2 nitrogen and oxygen atoms in total. The second-order valence-electron chi connectivity index (χ2n) is 3.70. The first-order chi connectivity index (χ1) is 8.69. The third kappa shape index (κ3) is 3.23. The highest BCUT2D eigenvalue weighted by Gasteiger charge is 2.03. The summed E-state index contributed by atoms with van der Waals surface area (Å²) in [4.78, 5) is 0. The van der Waals surface area contributed by atoms with Gasteiger partial charge in [0.2, 0.25) is 0 Å². The van der Waals surface area contributed by atoms with Gasteiger partial charge in [0, 0.05) is 16.1 Å². The van der Waals surface area contributed by atoms with Crippen LogP contribution in [0.5, 0.6) is 11.5 Å². The number of halogens is 2. The number of hydrogen-bond donors (Lipinski definition) is 0. The van der Waals surface area contributed by atoms with Crippen LogP contribution >= 0.6 is 15.9 Å². The van der Waals surface area contributed by atoms with E-state index >= 15 is 0 Å². The number of rotatable bonds is 4. The van der Waals surface area contributed by atoms with Crippen molar-refractivity contribution >= 4 is 15.9 Å². The molecule has 0 atom stereocenters. The summed E-state index contributed by atoms with van der Waals surface area (Å²) in [6, 6.07) is 11.9. The SMILES string of the molecule is COc1cccc(OCc2ccc(F)cc2Br)c1. The second-order valence-corrected chi connectivity index (χ2v) is 4.56. The van der Waals surface area contributed by atoms with Gasteiger partial charge in [-0.3, -0.25) is 0 Å². The maximum absolute atomic E-state index is 12.9. The largest absolute Gasteiger partial charge is 0.497 e. The number of methoxy groups -OCH3 is 1. The summed E-state index contributed by atoms with van der Waals surface area (Å²) in [5.74, 6) is 1.18. The Bertz CT molecular complexity index is 543. The van der Waals surface area contributed by atoms with Gasteiger partial charge in [-0.25, -0.2) is 4.39 Å². The van der Waals surface area contributed by atoms with E-state index in [0.29, 0.717) is 16.8 Å². The van der Waals surface area contributed by atoms with E-state index < -0.39 is 0 Å². The molecule has 0 aliphatic carbocycles. The van der Waals surface area contributed by atoms with Gasteiger partial charge in [-0.05, 0) is 24.3 Å². The van der Waals surface area contributed by atoms with E-state index in [2.05, 4.69) is 15.9 Å². The lowest BCUT2D eigenvalue weighted by Gasteiger charge is -2.09. The third-order valence-electron chi connectivity index (χ3n) is 2.45. The standard InChI is InChI=1S/C14H12BrFO2/c1-17-12-3-2-4-13(8-12)18-9-10-5-6-11(16)7-14(10)15/h2-8H,9H2,1H3. The van der Waals surface area contributed by atoms with Gasteiger partial charge in [0.05, 0.1) is 7.11 Å².